The third-order valence-corrected chi connectivity index (χ3v) is 6.59. The third-order valence-electron chi connectivity index (χ3n) is 5.21. The molecule has 8 nitrogen and oxygen atoms in total. The summed E-state index contributed by atoms with van der Waals surface area (Å²) < 4.78 is 31.6. The number of halogens is 1. The topological polar surface area (TPSA) is 105 Å². The van der Waals surface area contributed by atoms with Crippen molar-refractivity contribution in [3.8, 4) is 5.75 Å². The molecule has 2 N–H and O–H groups in total. The Morgan fingerprint density at radius 3 is 2.50 bits per heavy atom. The molecule has 34 heavy (non-hydrogen) atoms. The van der Waals surface area contributed by atoms with Crippen LogP contribution in [0.2, 0.25) is 5.02 Å². The minimum absolute atomic E-state index is 0.218. The number of fused-ring (bicyclic) bond motifs is 1. The van der Waals surface area contributed by atoms with E-state index in [1.807, 2.05) is 30.3 Å². The molecular formula is C24H22ClN3O5S. The first-order valence-electron chi connectivity index (χ1n) is 10.4. The first-order chi connectivity index (χ1) is 16.2. The molecule has 0 unspecified atom stereocenters. The molecule has 0 aromatic heterocycles. The lowest BCUT2D eigenvalue weighted by molar-refractivity contribution is -0.122. The van der Waals surface area contributed by atoms with E-state index in [1.165, 1.54) is 12.1 Å². The van der Waals surface area contributed by atoms with Crippen LogP contribution in [0.1, 0.15) is 15.9 Å². The second-order valence-electron chi connectivity index (χ2n) is 7.72. The molecule has 176 valence electrons. The zero-order valence-electron chi connectivity index (χ0n) is 18.2. The van der Waals surface area contributed by atoms with Gasteiger partial charge in [0.2, 0.25) is 10.0 Å². The Balaban J connectivity index is 1.52. The van der Waals surface area contributed by atoms with Gasteiger partial charge in [-0.3, -0.25) is 13.9 Å². The van der Waals surface area contributed by atoms with Crippen molar-refractivity contribution in [2.45, 2.75) is 12.6 Å². The number of para-hydroxylation sites is 1. The van der Waals surface area contributed by atoms with Gasteiger partial charge in [0, 0.05) is 11.6 Å². The van der Waals surface area contributed by atoms with Crippen LogP contribution < -0.4 is 19.7 Å². The Labute approximate surface area is 202 Å². The van der Waals surface area contributed by atoms with Crippen LogP contribution in [-0.4, -0.2) is 39.1 Å². The van der Waals surface area contributed by atoms with Gasteiger partial charge < -0.3 is 15.4 Å². The van der Waals surface area contributed by atoms with Crippen LogP contribution in [0.5, 0.6) is 5.75 Å². The zero-order chi connectivity index (χ0) is 24.3. The predicted molar refractivity (Wildman–Crippen MR) is 131 cm³/mol. The molecule has 1 atom stereocenters. The fraction of sp³-hybridized carbons (Fsp3) is 0.167. The van der Waals surface area contributed by atoms with Crippen molar-refractivity contribution in [1.29, 1.82) is 0 Å². The number of anilines is 2. The van der Waals surface area contributed by atoms with Gasteiger partial charge in [0.05, 0.1) is 29.7 Å². The number of carbonyl (C=O) groups excluding carboxylic acids is 2. The summed E-state index contributed by atoms with van der Waals surface area (Å²) in [5, 5.41) is 5.88. The number of benzene rings is 3. The fourth-order valence-electron chi connectivity index (χ4n) is 3.55. The molecule has 2 amide bonds. The molecule has 1 aliphatic heterocycles. The number of nitrogens with zero attached hydrogens (tertiary/aromatic N) is 1. The molecule has 1 heterocycles. The summed E-state index contributed by atoms with van der Waals surface area (Å²) in [6, 6.07) is 20.5. The van der Waals surface area contributed by atoms with Gasteiger partial charge >= 0.3 is 0 Å². The van der Waals surface area contributed by atoms with Gasteiger partial charge in [0.25, 0.3) is 11.8 Å². The van der Waals surface area contributed by atoms with Crippen molar-refractivity contribution in [3.05, 3.63) is 88.9 Å². The quantitative estimate of drug-likeness (QED) is 0.540. The van der Waals surface area contributed by atoms with E-state index >= 15 is 0 Å². The highest BCUT2D eigenvalue weighted by Gasteiger charge is 2.35. The Bertz CT molecular complexity index is 1330. The lowest BCUT2D eigenvalue weighted by Gasteiger charge is -2.34. The maximum atomic E-state index is 13.1. The third kappa shape index (κ3) is 5.32. The Kier molecular flexibility index (Phi) is 6.76. The second-order valence-corrected chi connectivity index (χ2v) is 10.1. The number of hydrogen-bond acceptors (Lipinski definition) is 5. The van der Waals surface area contributed by atoms with E-state index in [0.29, 0.717) is 11.6 Å². The molecule has 0 radical (unpaired) electrons. The zero-order valence-corrected chi connectivity index (χ0v) is 19.8. The van der Waals surface area contributed by atoms with Crippen LogP contribution in [0.25, 0.3) is 0 Å². The summed E-state index contributed by atoms with van der Waals surface area (Å²) in [5.41, 5.74) is 1.76. The van der Waals surface area contributed by atoms with Crippen molar-refractivity contribution in [3.63, 3.8) is 0 Å². The number of sulfonamides is 1. The Morgan fingerprint density at radius 1 is 1.06 bits per heavy atom. The first kappa shape index (κ1) is 23.6. The van der Waals surface area contributed by atoms with Gasteiger partial charge in [-0.25, -0.2) is 8.42 Å². The van der Waals surface area contributed by atoms with Gasteiger partial charge in [-0.2, -0.15) is 0 Å². The van der Waals surface area contributed by atoms with Crippen LogP contribution in [0.15, 0.2) is 72.8 Å². The van der Waals surface area contributed by atoms with Gasteiger partial charge in [-0.1, -0.05) is 54.1 Å². The summed E-state index contributed by atoms with van der Waals surface area (Å²) in [4.78, 5) is 25.8. The average Bonchev–Trinajstić information content (AvgIpc) is 2.82. The number of hydrogen-bond donors (Lipinski definition) is 2. The van der Waals surface area contributed by atoms with Gasteiger partial charge in [0.1, 0.15) is 5.75 Å². The van der Waals surface area contributed by atoms with E-state index in [-0.39, 0.29) is 35.1 Å². The van der Waals surface area contributed by atoms with E-state index in [4.69, 9.17) is 16.3 Å². The fourth-order valence-corrected chi connectivity index (χ4v) is 4.62. The monoisotopic (exact) mass is 499 g/mol. The van der Waals surface area contributed by atoms with Gasteiger partial charge in [-0.05, 0) is 35.9 Å². The molecule has 0 spiro atoms. The number of nitrogens with one attached hydrogen (secondary N) is 2. The highest BCUT2D eigenvalue weighted by atomic mass is 35.5. The van der Waals surface area contributed by atoms with Crippen LogP contribution in [0.3, 0.4) is 0 Å². The molecule has 10 heteroatoms. The minimum atomic E-state index is -3.70. The van der Waals surface area contributed by atoms with Gasteiger partial charge in [-0.15, -0.1) is 0 Å². The highest BCUT2D eigenvalue weighted by Crippen LogP contribution is 2.37. The van der Waals surface area contributed by atoms with E-state index in [0.717, 1.165) is 16.1 Å². The number of carbonyl (C=O) groups is 2. The molecule has 0 aliphatic carbocycles. The lowest BCUT2D eigenvalue weighted by Crippen LogP contribution is -2.48. The molecule has 0 bridgehead atoms. The van der Waals surface area contributed by atoms with Gasteiger partial charge in [0.15, 0.2) is 6.10 Å². The highest BCUT2D eigenvalue weighted by molar-refractivity contribution is 7.92. The largest absolute Gasteiger partial charge is 0.476 e. The van der Waals surface area contributed by atoms with Crippen LogP contribution in [-0.2, 0) is 21.4 Å². The smallest absolute Gasteiger partial charge is 0.267 e. The van der Waals surface area contributed by atoms with Crippen molar-refractivity contribution in [1.82, 2.24) is 5.32 Å². The normalized spacial score (nSPS) is 15.1. The Hall–Kier alpha value is -3.56. The lowest BCUT2D eigenvalue weighted by atomic mass is 10.1. The predicted octanol–water partition coefficient (Wildman–Crippen LogP) is 3.44. The summed E-state index contributed by atoms with van der Waals surface area (Å²) >= 11 is 6.02. The minimum Gasteiger partial charge on any atom is -0.476 e. The summed E-state index contributed by atoms with van der Waals surface area (Å²) in [5.74, 6) is -0.727. The maximum Gasteiger partial charge on any atom is 0.267 e. The molecular weight excluding hydrogens is 478 g/mol. The van der Waals surface area contributed by atoms with E-state index in [1.54, 1.807) is 30.3 Å². The van der Waals surface area contributed by atoms with E-state index < -0.39 is 22.0 Å². The number of rotatable bonds is 6. The molecule has 1 aliphatic rings. The van der Waals surface area contributed by atoms with Crippen molar-refractivity contribution < 1.29 is 22.7 Å². The van der Waals surface area contributed by atoms with Crippen LogP contribution in [0, 0.1) is 0 Å². The molecule has 3 aromatic rings. The summed E-state index contributed by atoms with van der Waals surface area (Å²) in [6.45, 7) is 0.0940. The van der Waals surface area contributed by atoms with Crippen LogP contribution >= 0.6 is 11.6 Å². The summed E-state index contributed by atoms with van der Waals surface area (Å²) in [7, 11) is -3.70. The molecule has 0 saturated heterocycles. The average molecular weight is 500 g/mol. The molecule has 4 rings (SSSR count). The van der Waals surface area contributed by atoms with E-state index in [9.17, 15) is 18.0 Å². The van der Waals surface area contributed by atoms with Crippen molar-refractivity contribution in [2.75, 3.05) is 22.4 Å². The first-order valence-corrected chi connectivity index (χ1v) is 12.6. The molecule has 0 fully saturated rings. The second kappa shape index (κ2) is 9.74. The Morgan fingerprint density at radius 2 is 1.76 bits per heavy atom. The molecule has 3 aromatic carbocycles. The number of amides is 2. The van der Waals surface area contributed by atoms with Crippen molar-refractivity contribution in [2.24, 2.45) is 0 Å². The van der Waals surface area contributed by atoms with Crippen LogP contribution in [0.4, 0.5) is 11.4 Å². The molecule has 0 saturated carbocycles. The standard InChI is InChI=1S/C24H22ClN3O5S/c1-34(31,32)28-15-22(33-21-12-11-17(25)13-20(21)28)24(30)27-19-10-6-5-9-18(19)23(29)26-14-16-7-3-2-4-8-16/h2-13,22H,14-15H2,1H3,(H,26,29)(H,27,30)/t22-/m0/s1. The number of ether oxygens (including phenoxy) is 1. The summed E-state index contributed by atoms with van der Waals surface area (Å²) in [6.07, 6.45) is -0.0894. The maximum absolute atomic E-state index is 13.1. The van der Waals surface area contributed by atoms with Crippen molar-refractivity contribution >= 4 is 44.8 Å². The van der Waals surface area contributed by atoms with E-state index in [2.05, 4.69) is 10.6 Å². The SMILES string of the molecule is CS(=O)(=O)N1C[C@@H](C(=O)Nc2ccccc2C(=O)NCc2ccccc2)Oc2ccc(Cl)cc21.